The van der Waals surface area contributed by atoms with Crippen molar-refractivity contribution in [2.24, 2.45) is 0 Å². The van der Waals surface area contributed by atoms with E-state index in [1.165, 1.54) is 5.56 Å². The molecule has 0 unspecified atom stereocenters. The van der Waals surface area contributed by atoms with Crippen molar-refractivity contribution in [3.05, 3.63) is 76.5 Å². The summed E-state index contributed by atoms with van der Waals surface area (Å²) >= 11 is 11.8. The van der Waals surface area contributed by atoms with Crippen molar-refractivity contribution in [2.75, 3.05) is 11.9 Å². The van der Waals surface area contributed by atoms with Gasteiger partial charge in [0.2, 0.25) is 0 Å². The molecule has 0 atom stereocenters. The molecular weight excluding hydrogens is 373 g/mol. The molecule has 1 heterocycles. The van der Waals surface area contributed by atoms with Crippen LogP contribution in [0.2, 0.25) is 10.0 Å². The molecule has 1 aromatic heterocycles. The number of anilines is 1. The number of rotatable bonds is 7. The number of aryl methyl sites for hydroxylation is 2. The number of ether oxygens (including phenoxy) is 1. The topological polar surface area (TPSA) is 56.1 Å². The Morgan fingerprint density at radius 3 is 2.73 bits per heavy atom. The Morgan fingerprint density at radius 2 is 1.96 bits per heavy atom. The van der Waals surface area contributed by atoms with Crippen molar-refractivity contribution in [2.45, 2.75) is 13.0 Å². The maximum absolute atomic E-state index is 12.0. The molecule has 2 aromatic carbocycles. The summed E-state index contributed by atoms with van der Waals surface area (Å²) in [4.78, 5) is 12.0. The van der Waals surface area contributed by atoms with Gasteiger partial charge in [0, 0.05) is 17.8 Å². The standard InChI is InChI=1S/C19H17Cl2N3O2/c20-15-6-7-18(17(21)10-15)26-13-19(25)23-16-11-22-24(12-16)9-8-14-4-2-1-3-5-14/h1-7,10-12H,8-9,13H2,(H,23,25). The first-order valence-corrected chi connectivity index (χ1v) is 8.80. The smallest absolute Gasteiger partial charge is 0.262 e. The van der Waals surface area contributed by atoms with Crippen LogP contribution >= 0.6 is 23.2 Å². The Morgan fingerprint density at radius 1 is 1.15 bits per heavy atom. The summed E-state index contributed by atoms with van der Waals surface area (Å²) in [5.74, 6) is 0.114. The van der Waals surface area contributed by atoms with Gasteiger partial charge in [0.15, 0.2) is 6.61 Å². The number of amides is 1. The van der Waals surface area contributed by atoms with Gasteiger partial charge in [0.1, 0.15) is 5.75 Å². The van der Waals surface area contributed by atoms with Crippen molar-refractivity contribution in [3.63, 3.8) is 0 Å². The van der Waals surface area contributed by atoms with Crippen LogP contribution in [-0.2, 0) is 17.8 Å². The van der Waals surface area contributed by atoms with Gasteiger partial charge in [-0.15, -0.1) is 0 Å². The third-order valence-corrected chi connectivity index (χ3v) is 4.17. The summed E-state index contributed by atoms with van der Waals surface area (Å²) in [5, 5.41) is 7.87. The molecule has 0 saturated heterocycles. The number of nitrogens with one attached hydrogen (secondary N) is 1. The van der Waals surface area contributed by atoms with Gasteiger partial charge in [-0.25, -0.2) is 0 Å². The highest BCUT2D eigenvalue weighted by Crippen LogP contribution is 2.27. The minimum atomic E-state index is -0.293. The number of carbonyl (C=O) groups excluding carboxylic acids is 1. The lowest BCUT2D eigenvalue weighted by Gasteiger charge is -2.08. The predicted octanol–water partition coefficient (Wildman–Crippen LogP) is 4.45. The molecule has 1 N–H and O–H groups in total. The van der Waals surface area contributed by atoms with Crippen LogP contribution in [0.3, 0.4) is 0 Å². The molecule has 0 saturated carbocycles. The van der Waals surface area contributed by atoms with Gasteiger partial charge in [-0.05, 0) is 30.2 Å². The second-order valence-electron chi connectivity index (χ2n) is 5.64. The Balaban J connectivity index is 1.48. The predicted molar refractivity (Wildman–Crippen MR) is 103 cm³/mol. The zero-order valence-corrected chi connectivity index (χ0v) is 15.4. The third kappa shape index (κ3) is 5.25. The van der Waals surface area contributed by atoms with E-state index in [4.69, 9.17) is 27.9 Å². The van der Waals surface area contributed by atoms with Crippen LogP contribution in [0.25, 0.3) is 0 Å². The average molecular weight is 390 g/mol. The summed E-state index contributed by atoms with van der Waals surface area (Å²) in [6.45, 7) is 0.577. The molecule has 3 rings (SSSR count). The molecule has 0 bridgehead atoms. The van der Waals surface area contributed by atoms with Gasteiger partial charge in [-0.2, -0.15) is 5.10 Å². The zero-order valence-electron chi connectivity index (χ0n) is 13.9. The lowest BCUT2D eigenvalue weighted by molar-refractivity contribution is -0.118. The van der Waals surface area contributed by atoms with Crippen LogP contribution in [0.1, 0.15) is 5.56 Å². The Bertz CT molecular complexity index is 882. The van der Waals surface area contributed by atoms with Gasteiger partial charge >= 0.3 is 0 Å². The van der Waals surface area contributed by atoms with Crippen LogP contribution < -0.4 is 10.1 Å². The van der Waals surface area contributed by atoms with Crippen LogP contribution in [-0.4, -0.2) is 22.3 Å². The summed E-state index contributed by atoms with van der Waals surface area (Å²) in [7, 11) is 0. The van der Waals surface area contributed by atoms with Crippen molar-refractivity contribution in [1.29, 1.82) is 0 Å². The largest absolute Gasteiger partial charge is 0.482 e. The number of aromatic nitrogens is 2. The molecule has 1 amide bonds. The van der Waals surface area contributed by atoms with E-state index in [0.717, 1.165) is 13.0 Å². The van der Waals surface area contributed by atoms with Gasteiger partial charge < -0.3 is 10.1 Å². The fraction of sp³-hybridized carbons (Fsp3) is 0.158. The number of hydrogen-bond donors (Lipinski definition) is 1. The molecule has 5 nitrogen and oxygen atoms in total. The monoisotopic (exact) mass is 389 g/mol. The van der Waals surface area contributed by atoms with Gasteiger partial charge in [0.05, 0.1) is 16.9 Å². The second-order valence-corrected chi connectivity index (χ2v) is 6.48. The minimum Gasteiger partial charge on any atom is -0.482 e. The molecule has 134 valence electrons. The summed E-state index contributed by atoms with van der Waals surface area (Å²) < 4.78 is 7.20. The Kier molecular flexibility index (Phi) is 6.15. The average Bonchev–Trinajstić information content (AvgIpc) is 3.07. The molecule has 0 radical (unpaired) electrons. The quantitative estimate of drug-likeness (QED) is 0.649. The molecule has 0 fully saturated rings. The van der Waals surface area contributed by atoms with E-state index in [9.17, 15) is 4.79 Å². The molecule has 0 aliphatic rings. The number of halogens is 2. The van der Waals surface area contributed by atoms with E-state index in [2.05, 4.69) is 22.5 Å². The van der Waals surface area contributed by atoms with E-state index >= 15 is 0 Å². The van der Waals surface area contributed by atoms with Gasteiger partial charge in [-0.3, -0.25) is 9.48 Å². The summed E-state index contributed by atoms with van der Waals surface area (Å²) in [6.07, 6.45) is 4.27. The molecule has 26 heavy (non-hydrogen) atoms. The molecule has 3 aromatic rings. The number of carbonyl (C=O) groups is 1. The second kappa shape index (κ2) is 8.74. The fourth-order valence-electron chi connectivity index (χ4n) is 2.37. The van der Waals surface area contributed by atoms with E-state index < -0.39 is 0 Å². The van der Waals surface area contributed by atoms with E-state index in [1.807, 2.05) is 18.2 Å². The fourth-order valence-corrected chi connectivity index (χ4v) is 2.83. The maximum Gasteiger partial charge on any atom is 0.262 e. The van der Waals surface area contributed by atoms with Gasteiger partial charge in [-0.1, -0.05) is 53.5 Å². The minimum absolute atomic E-state index is 0.156. The molecule has 0 aliphatic heterocycles. The van der Waals surface area contributed by atoms with E-state index in [-0.39, 0.29) is 12.5 Å². The van der Waals surface area contributed by atoms with Crippen molar-refractivity contribution >= 4 is 34.8 Å². The number of hydrogen-bond acceptors (Lipinski definition) is 3. The highest BCUT2D eigenvalue weighted by Gasteiger charge is 2.08. The van der Waals surface area contributed by atoms with Gasteiger partial charge in [0.25, 0.3) is 5.91 Å². The summed E-state index contributed by atoms with van der Waals surface area (Å²) in [5.41, 5.74) is 1.86. The molecule has 0 spiro atoms. The zero-order chi connectivity index (χ0) is 18.4. The van der Waals surface area contributed by atoms with Crippen molar-refractivity contribution in [1.82, 2.24) is 9.78 Å². The first-order valence-electron chi connectivity index (χ1n) is 8.04. The molecular formula is C19H17Cl2N3O2. The highest BCUT2D eigenvalue weighted by atomic mass is 35.5. The lowest BCUT2D eigenvalue weighted by Crippen LogP contribution is -2.20. The number of benzene rings is 2. The maximum atomic E-state index is 12.0. The van der Waals surface area contributed by atoms with Crippen molar-refractivity contribution < 1.29 is 9.53 Å². The Labute approximate surface area is 161 Å². The van der Waals surface area contributed by atoms with Crippen molar-refractivity contribution in [3.8, 4) is 5.75 Å². The Hall–Kier alpha value is -2.50. The number of nitrogens with zero attached hydrogens (tertiary/aromatic N) is 2. The molecule has 0 aliphatic carbocycles. The van der Waals surface area contributed by atoms with E-state index in [1.54, 1.807) is 35.3 Å². The van der Waals surface area contributed by atoms with Crippen LogP contribution in [0.15, 0.2) is 60.9 Å². The lowest BCUT2D eigenvalue weighted by atomic mass is 10.1. The first-order chi connectivity index (χ1) is 12.6. The van der Waals surface area contributed by atoms with Crippen LogP contribution in [0.5, 0.6) is 5.75 Å². The normalized spacial score (nSPS) is 10.5. The SMILES string of the molecule is O=C(COc1ccc(Cl)cc1Cl)Nc1cnn(CCc2ccccc2)c1. The van der Waals surface area contributed by atoms with Crippen LogP contribution in [0, 0.1) is 0 Å². The van der Waals surface area contributed by atoms with E-state index in [0.29, 0.717) is 21.5 Å². The third-order valence-electron chi connectivity index (χ3n) is 3.64. The van der Waals surface area contributed by atoms with Crippen LogP contribution in [0.4, 0.5) is 5.69 Å². The summed E-state index contributed by atoms with van der Waals surface area (Å²) in [6, 6.07) is 15.0. The first kappa shape index (κ1) is 18.3. The highest BCUT2D eigenvalue weighted by molar-refractivity contribution is 6.35. The molecule has 7 heteroatoms.